The minimum Gasteiger partial charge on any atom is -0.316 e. The number of aromatic nitrogens is 1. The second-order valence-corrected chi connectivity index (χ2v) is 5.19. The monoisotopic (exact) mass is 247 g/mol. The lowest BCUT2D eigenvalue weighted by atomic mass is 9.83. The molecule has 0 bridgehead atoms. The molecule has 1 aromatic rings. The first-order valence-corrected chi connectivity index (χ1v) is 6.53. The smallest absolute Gasteiger partial charge is 0.233 e. The van der Waals surface area contributed by atoms with Crippen LogP contribution in [-0.4, -0.2) is 24.0 Å². The molecule has 2 N–H and O–H groups in total. The SMILES string of the molecule is CCC1(C(=O)Nc2cc(C)cc(C)n2)CCNC1. The summed E-state index contributed by atoms with van der Waals surface area (Å²) in [6, 6.07) is 3.92. The van der Waals surface area contributed by atoms with Crippen LogP contribution >= 0.6 is 0 Å². The summed E-state index contributed by atoms with van der Waals surface area (Å²) >= 11 is 0. The van der Waals surface area contributed by atoms with Crippen molar-refractivity contribution in [3.8, 4) is 0 Å². The van der Waals surface area contributed by atoms with Crippen molar-refractivity contribution < 1.29 is 4.79 Å². The normalized spacial score (nSPS) is 23.1. The van der Waals surface area contributed by atoms with Crippen LogP contribution in [0.1, 0.15) is 31.0 Å². The van der Waals surface area contributed by atoms with E-state index in [-0.39, 0.29) is 11.3 Å². The van der Waals surface area contributed by atoms with Crippen molar-refractivity contribution in [2.75, 3.05) is 18.4 Å². The molecule has 1 aliphatic heterocycles. The number of nitrogens with zero attached hydrogens (tertiary/aromatic N) is 1. The zero-order valence-corrected chi connectivity index (χ0v) is 11.3. The van der Waals surface area contributed by atoms with Gasteiger partial charge in [-0.05, 0) is 50.9 Å². The van der Waals surface area contributed by atoms with Crippen LogP contribution in [0.15, 0.2) is 12.1 Å². The van der Waals surface area contributed by atoms with Gasteiger partial charge in [0.1, 0.15) is 5.82 Å². The summed E-state index contributed by atoms with van der Waals surface area (Å²) in [4.78, 5) is 16.8. The highest BCUT2D eigenvalue weighted by Gasteiger charge is 2.39. The van der Waals surface area contributed by atoms with E-state index < -0.39 is 0 Å². The van der Waals surface area contributed by atoms with Gasteiger partial charge in [-0.1, -0.05) is 6.92 Å². The van der Waals surface area contributed by atoms with Crippen LogP contribution in [0.4, 0.5) is 5.82 Å². The van der Waals surface area contributed by atoms with Crippen molar-refractivity contribution in [2.24, 2.45) is 5.41 Å². The number of pyridine rings is 1. The fourth-order valence-electron chi connectivity index (χ4n) is 2.55. The predicted molar refractivity (Wildman–Crippen MR) is 72.6 cm³/mol. The lowest BCUT2D eigenvalue weighted by Gasteiger charge is -2.25. The van der Waals surface area contributed by atoms with E-state index in [1.807, 2.05) is 26.0 Å². The first-order valence-electron chi connectivity index (χ1n) is 6.53. The average molecular weight is 247 g/mol. The Kier molecular flexibility index (Phi) is 3.66. The second-order valence-electron chi connectivity index (χ2n) is 5.19. The molecular weight excluding hydrogens is 226 g/mol. The van der Waals surface area contributed by atoms with E-state index >= 15 is 0 Å². The maximum absolute atomic E-state index is 12.4. The number of carbonyl (C=O) groups is 1. The molecule has 0 aromatic carbocycles. The predicted octanol–water partition coefficient (Wildman–Crippen LogP) is 2.03. The lowest BCUT2D eigenvalue weighted by Crippen LogP contribution is -2.37. The molecule has 98 valence electrons. The van der Waals surface area contributed by atoms with Crippen LogP contribution < -0.4 is 10.6 Å². The molecule has 1 unspecified atom stereocenters. The molecule has 1 atom stereocenters. The van der Waals surface area contributed by atoms with E-state index in [4.69, 9.17) is 0 Å². The Hall–Kier alpha value is -1.42. The zero-order valence-electron chi connectivity index (χ0n) is 11.3. The topological polar surface area (TPSA) is 54.0 Å². The van der Waals surface area contributed by atoms with E-state index in [9.17, 15) is 4.79 Å². The molecule has 2 rings (SSSR count). The van der Waals surface area contributed by atoms with Crippen LogP contribution in [0.2, 0.25) is 0 Å². The average Bonchev–Trinajstić information content (AvgIpc) is 2.77. The molecule has 0 saturated carbocycles. The van der Waals surface area contributed by atoms with Crippen LogP contribution in [-0.2, 0) is 4.79 Å². The van der Waals surface area contributed by atoms with Crippen LogP contribution in [0.25, 0.3) is 0 Å². The maximum atomic E-state index is 12.4. The maximum Gasteiger partial charge on any atom is 0.233 e. The lowest BCUT2D eigenvalue weighted by molar-refractivity contribution is -0.124. The molecule has 1 amide bonds. The Labute approximate surface area is 108 Å². The van der Waals surface area contributed by atoms with Crippen molar-refractivity contribution in [1.29, 1.82) is 0 Å². The molecule has 1 saturated heterocycles. The number of nitrogens with one attached hydrogen (secondary N) is 2. The molecule has 4 nitrogen and oxygen atoms in total. The summed E-state index contributed by atoms with van der Waals surface area (Å²) < 4.78 is 0. The molecule has 1 aliphatic rings. The summed E-state index contributed by atoms with van der Waals surface area (Å²) in [7, 11) is 0. The van der Waals surface area contributed by atoms with Gasteiger partial charge in [0.2, 0.25) is 5.91 Å². The van der Waals surface area contributed by atoms with Gasteiger partial charge in [0.05, 0.1) is 5.41 Å². The second kappa shape index (κ2) is 5.06. The van der Waals surface area contributed by atoms with Crippen molar-refractivity contribution in [3.05, 3.63) is 23.4 Å². The van der Waals surface area contributed by atoms with E-state index in [0.717, 1.165) is 37.2 Å². The fraction of sp³-hybridized carbons (Fsp3) is 0.571. The molecule has 1 aromatic heterocycles. The highest BCUT2D eigenvalue weighted by atomic mass is 16.2. The summed E-state index contributed by atoms with van der Waals surface area (Å²) in [5.74, 6) is 0.754. The Morgan fingerprint density at radius 2 is 2.28 bits per heavy atom. The molecular formula is C14H21N3O. The van der Waals surface area contributed by atoms with Crippen molar-refractivity contribution in [1.82, 2.24) is 10.3 Å². The van der Waals surface area contributed by atoms with Crippen molar-refractivity contribution >= 4 is 11.7 Å². The Morgan fingerprint density at radius 3 is 2.83 bits per heavy atom. The number of hydrogen-bond acceptors (Lipinski definition) is 3. The first kappa shape index (κ1) is 13.0. The highest BCUT2D eigenvalue weighted by Crippen LogP contribution is 2.30. The summed E-state index contributed by atoms with van der Waals surface area (Å²) in [5.41, 5.74) is 1.78. The third kappa shape index (κ3) is 2.53. The van der Waals surface area contributed by atoms with Gasteiger partial charge in [-0.2, -0.15) is 0 Å². The largest absolute Gasteiger partial charge is 0.316 e. The summed E-state index contributed by atoms with van der Waals surface area (Å²) in [6.07, 6.45) is 1.76. The standard InChI is InChI=1S/C14H21N3O/c1-4-14(5-6-15-9-14)13(18)17-12-8-10(2)7-11(3)16-12/h7-8,15H,4-6,9H2,1-3H3,(H,16,17,18). The van der Waals surface area contributed by atoms with E-state index in [0.29, 0.717) is 5.82 Å². The molecule has 0 spiro atoms. The Bertz CT molecular complexity index is 430. The van der Waals surface area contributed by atoms with Crippen LogP contribution in [0.3, 0.4) is 0 Å². The number of hydrogen-bond donors (Lipinski definition) is 2. The quantitative estimate of drug-likeness (QED) is 0.859. The van der Waals surface area contributed by atoms with Gasteiger partial charge in [-0.3, -0.25) is 4.79 Å². The highest BCUT2D eigenvalue weighted by molar-refractivity contribution is 5.95. The van der Waals surface area contributed by atoms with Crippen LogP contribution in [0, 0.1) is 19.3 Å². The molecule has 0 radical (unpaired) electrons. The van der Waals surface area contributed by atoms with E-state index in [2.05, 4.69) is 22.5 Å². The Balaban J connectivity index is 2.15. The van der Waals surface area contributed by atoms with Crippen molar-refractivity contribution in [3.63, 3.8) is 0 Å². The van der Waals surface area contributed by atoms with Crippen LogP contribution in [0.5, 0.6) is 0 Å². The van der Waals surface area contributed by atoms with Gasteiger partial charge >= 0.3 is 0 Å². The number of amides is 1. The summed E-state index contributed by atoms with van der Waals surface area (Å²) in [6.45, 7) is 7.70. The van der Waals surface area contributed by atoms with Gasteiger partial charge in [-0.15, -0.1) is 0 Å². The minimum atomic E-state index is -0.265. The zero-order chi connectivity index (χ0) is 13.2. The van der Waals surface area contributed by atoms with E-state index in [1.165, 1.54) is 0 Å². The molecule has 18 heavy (non-hydrogen) atoms. The van der Waals surface area contributed by atoms with Gasteiger partial charge in [-0.25, -0.2) is 4.98 Å². The molecule has 2 heterocycles. The molecule has 1 fully saturated rings. The van der Waals surface area contributed by atoms with Gasteiger partial charge in [0, 0.05) is 12.2 Å². The first-order chi connectivity index (χ1) is 8.55. The number of anilines is 1. The van der Waals surface area contributed by atoms with Gasteiger partial charge in [0.15, 0.2) is 0 Å². The minimum absolute atomic E-state index is 0.0903. The van der Waals surface area contributed by atoms with Gasteiger partial charge in [0.25, 0.3) is 0 Å². The summed E-state index contributed by atoms with van der Waals surface area (Å²) in [5, 5.41) is 6.24. The Morgan fingerprint density at radius 1 is 1.50 bits per heavy atom. The number of rotatable bonds is 3. The molecule has 0 aliphatic carbocycles. The van der Waals surface area contributed by atoms with Crippen molar-refractivity contribution in [2.45, 2.75) is 33.6 Å². The van der Waals surface area contributed by atoms with E-state index in [1.54, 1.807) is 0 Å². The molecule has 4 heteroatoms. The third-order valence-electron chi connectivity index (χ3n) is 3.74. The van der Waals surface area contributed by atoms with Gasteiger partial charge < -0.3 is 10.6 Å². The third-order valence-corrected chi connectivity index (χ3v) is 3.74. The number of carbonyl (C=O) groups excluding carboxylic acids is 1. The fourth-order valence-corrected chi connectivity index (χ4v) is 2.55. The number of aryl methyl sites for hydroxylation is 2.